The normalized spacial score (nSPS) is 21.2. The molecule has 1 aliphatic heterocycles. The minimum absolute atomic E-state index is 0.196. The second-order valence-corrected chi connectivity index (χ2v) is 4.91. The number of benzene rings is 1. The third-order valence-corrected chi connectivity index (χ3v) is 3.68. The second-order valence-electron chi connectivity index (χ2n) is 4.06. The number of halogens is 2. The summed E-state index contributed by atoms with van der Waals surface area (Å²) in [7, 11) is 0. The van der Waals surface area contributed by atoms with E-state index in [2.05, 4.69) is 33.1 Å². The highest BCUT2D eigenvalue weighted by Crippen LogP contribution is 2.29. The molecule has 0 radical (unpaired) electrons. The summed E-state index contributed by atoms with van der Waals surface area (Å²) in [4.78, 5) is 2.35. The highest BCUT2D eigenvalue weighted by Gasteiger charge is 2.22. The highest BCUT2D eigenvalue weighted by molar-refractivity contribution is 9.10. The van der Waals surface area contributed by atoms with E-state index in [-0.39, 0.29) is 5.82 Å². The average Bonchev–Trinajstić information content (AvgIpc) is 2.29. The Kier molecular flexibility index (Phi) is 3.82. The predicted molar refractivity (Wildman–Crippen MR) is 68.4 cm³/mol. The van der Waals surface area contributed by atoms with Gasteiger partial charge in [-0.3, -0.25) is 0 Å². The number of piperazine rings is 1. The van der Waals surface area contributed by atoms with Gasteiger partial charge in [0.2, 0.25) is 0 Å². The zero-order chi connectivity index (χ0) is 11.5. The molecule has 16 heavy (non-hydrogen) atoms. The molecule has 1 aromatic carbocycles. The average molecular weight is 287 g/mol. The van der Waals surface area contributed by atoms with E-state index >= 15 is 0 Å². The SMILES string of the molecule is CCC1CNCCN1c1ccc(F)cc1Br. The molecule has 0 amide bonds. The van der Waals surface area contributed by atoms with E-state index in [0.717, 1.165) is 36.2 Å². The number of hydrogen-bond donors (Lipinski definition) is 1. The van der Waals surface area contributed by atoms with E-state index in [1.807, 2.05) is 6.07 Å². The number of nitrogens with one attached hydrogen (secondary N) is 1. The van der Waals surface area contributed by atoms with Gasteiger partial charge in [-0.05, 0) is 40.5 Å². The zero-order valence-electron chi connectivity index (χ0n) is 9.34. The van der Waals surface area contributed by atoms with Crippen LogP contribution >= 0.6 is 15.9 Å². The van der Waals surface area contributed by atoms with Crippen molar-refractivity contribution in [2.45, 2.75) is 19.4 Å². The Bertz CT molecular complexity index is 370. The smallest absolute Gasteiger partial charge is 0.124 e. The molecular formula is C12H16BrFN2. The molecule has 2 rings (SSSR count). The summed E-state index contributed by atoms with van der Waals surface area (Å²) in [5.41, 5.74) is 1.09. The van der Waals surface area contributed by atoms with Gasteiger partial charge in [0.15, 0.2) is 0 Å². The van der Waals surface area contributed by atoms with Crippen molar-refractivity contribution in [1.29, 1.82) is 0 Å². The quantitative estimate of drug-likeness (QED) is 0.899. The third kappa shape index (κ3) is 2.38. The highest BCUT2D eigenvalue weighted by atomic mass is 79.9. The molecule has 1 aromatic rings. The van der Waals surface area contributed by atoms with Gasteiger partial charge in [0.25, 0.3) is 0 Å². The third-order valence-electron chi connectivity index (χ3n) is 3.04. The maximum absolute atomic E-state index is 13.0. The Labute approximate surface area is 104 Å². The molecule has 0 aliphatic carbocycles. The lowest BCUT2D eigenvalue weighted by atomic mass is 10.1. The summed E-state index contributed by atoms with van der Waals surface area (Å²) < 4.78 is 13.9. The molecule has 0 spiro atoms. The Morgan fingerprint density at radius 2 is 2.38 bits per heavy atom. The number of rotatable bonds is 2. The summed E-state index contributed by atoms with van der Waals surface area (Å²) in [6.07, 6.45) is 1.09. The molecule has 1 fully saturated rings. The molecule has 88 valence electrons. The van der Waals surface area contributed by atoms with Crippen molar-refractivity contribution >= 4 is 21.6 Å². The Balaban J connectivity index is 2.27. The van der Waals surface area contributed by atoms with E-state index < -0.39 is 0 Å². The van der Waals surface area contributed by atoms with Crippen LogP contribution in [-0.2, 0) is 0 Å². The number of hydrogen-bond acceptors (Lipinski definition) is 2. The van der Waals surface area contributed by atoms with Crippen molar-refractivity contribution in [2.24, 2.45) is 0 Å². The summed E-state index contributed by atoms with van der Waals surface area (Å²) >= 11 is 3.44. The lowest BCUT2D eigenvalue weighted by molar-refractivity contribution is 0.465. The first kappa shape index (κ1) is 11.9. The molecule has 1 N–H and O–H groups in total. The fraction of sp³-hybridized carbons (Fsp3) is 0.500. The molecule has 0 aromatic heterocycles. The molecule has 1 aliphatic rings. The first-order chi connectivity index (χ1) is 7.72. The van der Waals surface area contributed by atoms with Crippen molar-refractivity contribution < 1.29 is 4.39 Å². The Morgan fingerprint density at radius 3 is 3.06 bits per heavy atom. The summed E-state index contributed by atoms with van der Waals surface area (Å²) in [6.45, 7) is 5.14. The second kappa shape index (κ2) is 5.15. The van der Waals surface area contributed by atoms with Gasteiger partial charge in [-0.15, -0.1) is 0 Å². The first-order valence-corrected chi connectivity index (χ1v) is 6.44. The summed E-state index contributed by atoms with van der Waals surface area (Å²) in [5.74, 6) is -0.196. The molecule has 0 bridgehead atoms. The number of anilines is 1. The van der Waals surface area contributed by atoms with Crippen LogP contribution in [0.15, 0.2) is 22.7 Å². The molecule has 0 saturated carbocycles. The van der Waals surface area contributed by atoms with Gasteiger partial charge in [0, 0.05) is 30.1 Å². The molecule has 1 heterocycles. The van der Waals surface area contributed by atoms with E-state index in [1.54, 1.807) is 0 Å². The van der Waals surface area contributed by atoms with Crippen molar-refractivity contribution in [1.82, 2.24) is 5.32 Å². The van der Waals surface area contributed by atoms with Crippen molar-refractivity contribution in [3.05, 3.63) is 28.5 Å². The molecule has 4 heteroatoms. The Hall–Kier alpha value is -0.610. The standard InChI is InChI=1S/C12H16BrFN2/c1-2-10-8-15-5-6-16(10)12-4-3-9(14)7-11(12)13/h3-4,7,10,15H,2,5-6,8H2,1H3. The van der Waals surface area contributed by atoms with Crippen molar-refractivity contribution in [3.8, 4) is 0 Å². The van der Waals surface area contributed by atoms with Crippen LogP contribution in [0.1, 0.15) is 13.3 Å². The largest absolute Gasteiger partial charge is 0.365 e. The lowest BCUT2D eigenvalue weighted by Gasteiger charge is -2.38. The van der Waals surface area contributed by atoms with Crippen molar-refractivity contribution in [2.75, 3.05) is 24.5 Å². The van der Waals surface area contributed by atoms with Crippen molar-refractivity contribution in [3.63, 3.8) is 0 Å². The van der Waals surface area contributed by atoms with Crippen LogP contribution < -0.4 is 10.2 Å². The molecular weight excluding hydrogens is 271 g/mol. The van der Waals surface area contributed by atoms with Gasteiger partial charge in [-0.1, -0.05) is 6.92 Å². The topological polar surface area (TPSA) is 15.3 Å². The monoisotopic (exact) mass is 286 g/mol. The fourth-order valence-corrected chi connectivity index (χ4v) is 2.74. The van der Waals surface area contributed by atoms with Gasteiger partial charge in [-0.25, -0.2) is 4.39 Å². The fourth-order valence-electron chi connectivity index (χ4n) is 2.16. The van der Waals surface area contributed by atoms with Crippen LogP contribution in [-0.4, -0.2) is 25.7 Å². The van der Waals surface area contributed by atoms with Crippen LogP contribution in [0.25, 0.3) is 0 Å². The van der Waals surface area contributed by atoms with Crippen LogP contribution in [0.4, 0.5) is 10.1 Å². The minimum Gasteiger partial charge on any atom is -0.365 e. The zero-order valence-corrected chi connectivity index (χ0v) is 10.9. The number of nitrogens with zero attached hydrogens (tertiary/aromatic N) is 1. The molecule has 1 saturated heterocycles. The van der Waals surface area contributed by atoms with E-state index in [0.29, 0.717) is 6.04 Å². The van der Waals surface area contributed by atoms with Gasteiger partial charge >= 0.3 is 0 Å². The van der Waals surface area contributed by atoms with Gasteiger partial charge in [0.1, 0.15) is 5.82 Å². The molecule has 1 unspecified atom stereocenters. The minimum atomic E-state index is -0.196. The van der Waals surface area contributed by atoms with Crippen LogP contribution in [0, 0.1) is 5.82 Å². The van der Waals surface area contributed by atoms with E-state index in [1.165, 1.54) is 12.1 Å². The molecule has 2 nitrogen and oxygen atoms in total. The van der Waals surface area contributed by atoms with E-state index in [4.69, 9.17) is 0 Å². The maximum atomic E-state index is 13.0. The summed E-state index contributed by atoms with van der Waals surface area (Å²) in [5, 5.41) is 3.39. The van der Waals surface area contributed by atoms with Crippen LogP contribution in [0.3, 0.4) is 0 Å². The molecule has 1 atom stereocenters. The predicted octanol–water partition coefficient (Wildman–Crippen LogP) is 2.78. The first-order valence-electron chi connectivity index (χ1n) is 5.64. The van der Waals surface area contributed by atoms with Gasteiger partial charge < -0.3 is 10.2 Å². The Morgan fingerprint density at radius 1 is 1.56 bits per heavy atom. The van der Waals surface area contributed by atoms with E-state index in [9.17, 15) is 4.39 Å². The van der Waals surface area contributed by atoms with Gasteiger partial charge in [-0.2, -0.15) is 0 Å². The van der Waals surface area contributed by atoms with Gasteiger partial charge in [0.05, 0.1) is 5.69 Å². The van der Waals surface area contributed by atoms with Crippen LogP contribution in [0.2, 0.25) is 0 Å². The van der Waals surface area contributed by atoms with Crippen LogP contribution in [0.5, 0.6) is 0 Å². The lowest BCUT2D eigenvalue weighted by Crippen LogP contribution is -2.51. The summed E-state index contributed by atoms with van der Waals surface area (Å²) in [6, 6.07) is 5.40. The maximum Gasteiger partial charge on any atom is 0.124 e.